The summed E-state index contributed by atoms with van der Waals surface area (Å²) in [6, 6.07) is 6.97. The van der Waals surface area contributed by atoms with Crippen LogP contribution in [0.25, 0.3) is 0 Å². The molecule has 1 aromatic carbocycles. The number of hydrogen-bond donors (Lipinski definition) is 4. The van der Waals surface area contributed by atoms with E-state index in [0.29, 0.717) is 32.0 Å². The Morgan fingerprint density at radius 2 is 1.04 bits per heavy atom. The van der Waals surface area contributed by atoms with Gasteiger partial charge in [0.15, 0.2) is 0 Å². The van der Waals surface area contributed by atoms with Gasteiger partial charge in [0.25, 0.3) is 0 Å². The van der Waals surface area contributed by atoms with Gasteiger partial charge in [0.05, 0.1) is 19.7 Å². The van der Waals surface area contributed by atoms with Gasteiger partial charge in [-0.2, -0.15) is 0 Å². The average Bonchev–Trinajstić information content (AvgIpc) is 3.02. The van der Waals surface area contributed by atoms with Crippen LogP contribution in [0.2, 0.25) is 0 Å². The highest BCUT2D eigenvalue weighted by atomic mass is 16.5. The van der Waals surface area contributed by atoms with Gasteiger partial charge in [-0.3, -0.25) is 38.8 Å². The molecule has 1 aromatic rings. The maximum absolute atomic E-state index is 13.9. The molecule has 1 saturated heterocycles. The minimum Gasteiger partial charge on any atom is -0.491 e. The molecule has 0 aromatic heterocycles. The summed E-state index contributed by atoms with van der Waals surface area (Å²) in [5.41, 5.74) is -5.40. The number of aliphatic carboxylic acids is 4. The first-order chi connectivity index (χ1) is 26.1. The molecule has 14 heteroatoms. The van der Waals surface area contributed by atoms with E-state index in [1.807, 2.05) is 129 Å². The van der Waals surface area contributed by atoms with E-state index in [1.165, 1.54) is 0 Å². The molecule has 0 amide bonds. The van der Waals surface area contributed by atoms with Crippen molar-refractivity contribution < 1.29 is 49.1 Å². The summed E-state index contributed by atoms with van der Waals surface area (Å²) in [6.07, 6.45) is 0.359. The lowest BCUT2D eigenvalue weighted by atomic mass is 9.58. The molecule has 0 saturated carbocycles. The van der Waals surface area contributed by atoms with E-state index in [9.17, 15) is 39.6 Å². The van der Waals surface area contributed by atoms with Crippen molar-refractivity contribution in [3.05, 3.63) is 29.8 Å². The smallest absolute Gasteiger partial charge is 0.325 e. The lowest BCUT2D eigenvalue weighted by molar-refractivity contribution is -0.184. The highest BCUT2D eigenvalue weighted by molar-refractivity contribution is 5.82. The molecule has 1 aliphatic heterocycles. The minimum absolute atomic E-state index is 0.148. The molecule has 326 valence electrons. The van der Waals surface area contributed by atoms with Crippen LogP contribution in [0.5, 0.6) is 5.75 Å². The van der Waals surface area contributed by atoms with Crippen molar-refractivity contribution in [2.24, 2.45) is 21.7 Å². The Labute approximate surface area is 341 Å². The molecule has 14 nitrogen and oxygen atoms in total. The monoisotopic (exact) mass is 807 g/mol. The van der Waals surface area contributed by atoms with E-state index in [1.54, 1.807) is 4.90 Å². The lowest BCUT2D eigenvalue weighted by Crippen LogP contribution is -2.73. The zero-order chi connectivity index (χ0) is 43.8. The summed E-state index contributed by atoms with van der Waals surface area (Å²) in [7, 11) is 0. The van der Waals surface area contributed by atoms with Crippen molar-refractivity contribution in [3.63, 3.8) is 0 Å². The predicted molar refractivity (Wildman–Crippen MR) is 221 cm³/mol. The fourth-order valence-corrected chi connectivity index (χ4v) is 10.3. The molecule has 2 rings (SSSR count). The summed E-state index contributed by atoms with van der Waals surface area (Å²) in [5, 5.41) is 43.1. The molecule has 57 heavy (non-hydrogen) atoms. The number of benzene rings is 1. The van der Waals surface area contributed by atoms with Crippen molar-refractivity contribution >= 4 is 23.9 Å². The maximum Gasteiger partial charge on any atom is 0.325 e. The highest BCUT2D eigenvalue weighted by Crippen LogP contribution is 2.51. The Morgan fingerprint density at radius 3 is 1.42 bits per heavy atom. The second-order valence-electron chi connectivity index (χ2n) is 19.5. The Hall–Kier alpha value is -3.30. The zero-order valence-corrected chi connectivity index (χ0v) is 37.1. The van der Waals surface area contributed by atoms with E-state index in [-0.39, 0.29) is 58.9 Å². The van der Waals surface area contributed by atoms with Gasteiger partial charge in [-0.15, -0.1) is 0 Å². The van der Waals surface area contributed by atoms with Gasteiger partial charge in [-0.05, 0) is 52.7 Å². The fraction of sp³-hybridized carbons (Fsp3) is 0.767. The van der Waals surface area contributed by atoms with Crippen LogP contribution in [0.15, 0.2) is 24.3 Å². The molecule has 0 radical (unpaired) electrons. The second kappa shape index (κ2) is 19.6. The number of hydrogen-bond acceptors (Lipinski definition) is 10. The molecule has 1 atom stereocenters. The molecule has 0 unspecified atom stereocenters. The second-order valence-corrected chi connectivity index (χ2v) is 19.5. The molecule has 1 heterocycles. The quantitative estimate of drug-likeness (QED) is 0.169. The van der Waals surface area contributed by atoms with Crippen molar-refractivity contribution in [1.82, 2.24) is 19.6 Å². The van der Waals surface area contributed by atoms with Gasteiger partial charge in [-0.1, -0.05) is 95.2 Å². The first-order valence-electron chi connectivity index (χ1n) is 20.2. The van der Waals surface area contributed by atoms with Crippen molar-refractivity contribution in [3.8, 4) is 5.75 Å². The van der Waals surface area contributed by atoms with E-state index < -0.39 is 62.7 Å². The topological polar surface area (TPSA) is 181 Å². The molecule has 4 N–H and O–H groups in total. The number of ether oxygens (including phenoxy) is 2. The molecule has 0 aliphatic carbocycles. The Balaban J connectivity index is 2.92. The summed E-state index contributed by atoms with van der Waals surface area (Å²) in [6.45, 7) is 26.5. The maximum atomic E-state index is 13.9. The Morgan fingerprint density at radius 1 is 0.614 bits per heavy atom. The first-order valence-corrected chi connectivity index (χ1v) is 20.2. The first kappa shape index (κ1) is 49.8. The van der Waals surface area contributed by atoms with E-state index in [4.69, 9.17) is 9.47 Å². The van der Waals surface area contributed by atoms with Crippen LogP contribution < -0.4 is 4.74 Å². The van der Waals surface area contributed by atoms with Crippen molar-refractivity contribution in [1.29, 1.82) is 0 Å². The summed E-state index contributed by atoms with van der Waals surface area (Å²) in [4.78, 5) is 60.1. The molecule has 0 bridgehead atoms. The van der Waals surface area contributed by atoms with Crippen LogP contribution in [-0.4, -0.2) is 160 Å². The summed E-state index contributed by atoms with van der Waals surface area (Å²) in [5.74, 6) is -3.51. The number of carboxylic acid groups (broad SMARTS) is 4. The van der Waals surface area contributed by atoms with E-state index >= 15 is 0 Å². The third-order valence-electron chi connectivity index (χ3n) is 11.7. The molecule has 1 fully saturated rings. The number of carbonyl (C=O) groups is 4. The van der Waals surface area contributed by atoms with E-state index in [2.05, 4.69) is 0 Å². The standard InChI is InChI=1S/C43H74N4O10/c1-14-56-25-26-57-33-17-15-31(16-18-33)27-32-28-44(29-34(48)49)19-21-46(42(36(52)53,38(2,3)4)39(5,6)7)23-24-47(22-20-45(32)30-35(50)51)43(37(54)55,40(8,9)10)41(11,12)13/h15-18,32H,14,19-30H2,1-13H3,(H,48,49)(H,50,51)(H,52,53)(H,54,55)/t32-/m0/s1. The normalized spacial score (nSPS) is 18.7. The van der Waals surface area contributed by atoms with Crippen LogP contribution in [0.1, 0.15) is 95.6 Å². The number of nitrogens with zero attached hydrogens (tertiary/aromatic N) is 4. The van der Waals surface area contributed by atoms with Crippen LogP contribution in [0, 0.1) is 21.7 Å². The Kier molecular flexibility index (Phi) is 17.2. The van der Waals surface area contributed by atoms with Crippen LogP contribution in [0.3, 0.4) is 0 Å². The van der Waals surface area contributed by atoms with Gasteiger partial charge >= 0.3 is 23.9 Å². The molecule has 1 aliphatic rings. The third-order valence-corrected chi connectivity index (χ3v) is 11.7. The average molecular weight is 807 g/mol. The lowest BCUT2D eigenvalue weighted by Gasteiger charge is -2.59. The third kappa shape index (κ3) is 11.7. The minimum atomic E-state index is -1.48. The van der Waals surface area contributed by atoms with Crippen molar-refractivity contribution in [2.75, 3.05) is 78.7 Å². The van der Waals surface area contributed by atoms with Gasteiger partial charge in [0.2, 0.25) is 0 Å². The van der Waals surface area contributed by atoms with E-state index in [0.717, 1.165) is 5.56 Å². The molecule has 0 spiro atoms. The van der Waals surface area contributed by atoms with Crippen LogP contribution >= 0.6 is 0 Å². The van der Waals surface area contributed by atoms with Gasteiger partial charge < -0.3 is 29.9 Å². The highest BCUT2D eigenvalue weighted by Gasteiger charge is 2.63. The SMILES string of the molecule is CCOCCOc1ccc(C[C@H]2CN(CC(=O)O)CCN(C(C(=O)O)(C(C)(C)C)C(C)(C)C)CCN(C(C(=O)O)(C(C)(C)C)C(C)(C)C)CCN2CC(=O)O)cc1. The Bertz CT molecular complexity index is 1460. The largest absolute Gasteiger partial charge is 0.491 e. The van der Waals surface area contributed by atoms with Crippen LogP contribution in [-0.2, 0) is 30.3 Å². The summed E-state index contributed by atoms with van der Waals surface area (Å²) >= 11 is 0. The summed E-state index contributed by atoms with van der Waals surface area (Å²) < 4.78 is 11.2. The van der Waals surface area contributed by atoms with Crippen molar-refractivity contribution in [2.45, 2.75) is 114 Å². The van der Waals surface area contributed by atoms with Gasteiger partial charge in [0, 0.05) is 58.5 Å². The number of rotatable bonds is 15. The molecular formula is C43H74N4O10. The fourth-order valence-electron chi connectivity index (χ4n) is 10.3. The molecular weight excluding hydrogens is 732 g/mol. The predicted octanol–water partition coefficient (Wildman–Crippen LogP) is 5.24. The van der Waals surface area contributed by atoms with Gasteiger partial charge in [0.1, 0.15) is 23.4 Å². The zero-order valence-electron chi connectivity index (χ0n) is 37.1. The number of carboxylic acids is 4. The van der Waals surface area contributed by atoms with Gasteiger partial charge in [-0.25, -0.2) is 0 Å². The van der Waals surface area contributed by atoms with Crippen LogP contribution in [0.4, 0.5) is 0 Å².